The van der Waals surface area contributed by atoms with Crippen molar-refractivity contribution in [2.24, 2.45) is 0 Å². The van der Waals surface area contributed by atoms with E-state index in [1.54, 1.807) is 17.3 Å². The third kappa shape index (κ3) is 3.57. The van der Waals surface area contributed by atoms with Crippen molar-refractivity contribution >= 4 is 21.6 Å². The molecule has 1 heterocycles. The number of rotatable bonds is 5. The van der Waals surface area contributed by atoms with Crippen LogP contribution in [0.1, 0.15) is 18.5 Å². The molecular weight excluding hydrogens is 312 g/mol. The van der Waals surface area contributed by atoms with Crippen LogP contribution in [0, 0.1) is 0 Å². The van der Waals surface area contributed by atoms with E-state index in [0.29, 0.717) is 24.7 Å². The van der Waals surface area contributed by atoms with Crippen molar-refractivity contribution in [2.45, 2.75) is 18.2 Å². The molecule has 1 fully saturated rings. The normalized spacial score (nSPS) is 22.1. The highest BCUT2D eigenvalue weighted by atomic mass is 35.5. The Morgan fingerprint density at radius 3 is 2.86 bits per heavy atom. The van der Waals surface area contributed by atoms with Gasteiger partial charge in [-0.05, 0) is 18.6 Å². The van der Waals surface area contributed by atoms with Crippen LogP contribution in [0.3, 0.4) is 0 Å². The Hall–Kier alpha value is -0.660. The SMILES string of the molecule is COCC(C)S(=O)(=O)N1CCNCC1c1ccccc1Cl. The minimum Gasteiger partial charge on any atom is -0.383 e. The summed E-state index contributed by atoms with van der Waals surface area (Å²) in [5, 5.41) is 3.25. The zero-order chi connectivity index (χ0) is 15.5. The Balaban J connectivity index is 2.34. The summed E-state index contributed by atoms with van der Waals surface area (Å²) in [6.07, 6.45) is 0. The average molecular weight is 333 g/mol. The molecule has 1 aliphatic heterocycles. The second kappa shape index (κ2) is 7.07. The minimum atomic E-state index is -3.43. The van der Waals surface area contributed by atoms with Crippen LogP contribution >= 0.6 is 11.6 Å². The number of methoxy groups -OCH3 is 1. The summed E-state index contributed by atoms with van der Waals surface area (Å²) in [4.78, 5) is 0. The summed E-state index contributed by atoms with van der Waals surface area (Å²) in [6.45, 7) is 3.49. The van der Waals surface area contributed by atoms with Crippen LogP contribution in [-0.2, 0) is 14.8 Å². The molecule has 0 aliphatic carbocycles. The molecule has 1 aromatic carbocycles. The monoisotopic (exact) mass is 332 g/mol. The standard InChI is InChI=1S/C14H21ClN2O3S/c1-11(10-20-2)21(18,19)17-8-7-16-9-14(17)12-5-3-4-6-13(12)15/h3-6,11,14,16H,7-10H2,1-2H3. The van der Waals surface area contributed by atoms with Gasteiger partial charge >= 0.3 is 0 Å². The first-order valence-corrected chi connectivity index (χ1v) is 8.81. The maximum atomic E-state index is 12.7. The number of hydrogen-bond acceptors (Lipinski definition) is 4. The third-order valence-corrected chi connectivity index (χ3v) is 6.28. The molecule has 1 saturated heterocycles. The molecule has 1 N–H and O–H groups in total. The highest BCUT2D eigenvalue weighted by Gasteiger charge is 2.37. The number of hydrogen-bond donors (Lipinski definition) is 1. The number of ether oxygens (including phenoxy) is 1. The van der Waals surface area contributed by atoms with Crippen LogP contribution in [0.4, 0.5) is 0 Å². The Kier molecular flexibility index (Phi) is 5.62. The summed E-state index contributed by atoms with van der Waals surface area (Å²) < 4.78 is 32.0. The number of sulfonamides is 1. The molecule has 0 bridgehead atoms. The summed E-state index contributed by atoms with van der Waals surface area (Å²) in [6, 6.07) is 7.10. The summed E-state index contributed by atoms with van der Waals surface area (Å²) in [5.41, 5.74) is 0.833. The van der Waals surface area contributed by atoms with Crippen molar-refractivity contribution in [1.29, 1.82) is 0 Å². The molecule has 5 nitrogen and oxygen atoms in total. The van der Waals surface area contributed by atoms with Gasteiger partial charge in [-0.25, -0.2) is 8.42 Å². The maximum absolute atomic E-state index is 12.7. The van der Waals surface area contributed by atoms with Gasteiger partial charge in [-0.1, -0.05) is 29.8 Å². The third-order valence-electron chi connectivity index (χ3n) is 3.70. The lowest BCUT2D eigenvalue weighted by atomic mass is 10.1. The Labute approximate surface area is 131 Å². The molecule has 0 amide bonds. The topological polar surface area (TPSA) is 58.6 Å². The van der Waals surface area contributed by atoms with Gasteiger partial charge < -0.3 is 10.1 Å². The largest absolute Gasteiger partial charge is 0.383 e. The Bertz CT molecular complexity index is 579. The number of nitrogens with zero attached hydrogens (tertiary/aromatic N) is 1. The average Bonchev–Trinajstić information content (AvgIpc) is 2.48. The molecular formula is C14H21ClN2O3S. The van der Waals surface area contributed by atoms with Crippen LogP contribution in [0.2, 0.25) is 5.02 Å². The Morgan fingerprint density at radius 2 is 2.19 bits per heavy atom. The Morgan fingerprint density at radius 1 is 1.48 bits per heavy atom. The zero-order valence-corrected chi connectivity index (χ0v) is 13.8. The van der Waals surface area contributed by atoms with Crippen molar-refractivity contribution in [3.8, 4) is 0 Å². The predicted octanol–water partition coefficient (Wildman–Crippen LogP) is 1.65. The van der Waals surface area contributed by atoms with E-state index in [1.165, 1.54) is 7.11 Å². The lowest BCUT2D eigenvalue weighted by Crippen LogP contribution is -2.51. The fourth-order valence-corrected chi connectivity index (χ4v) is 4.47. The molecule has 0 aromatic heterocycles. The molecule has 21 heavy (non-hydrogen) atoms. The highest BCUT2D eigenvalue weighted by molar-refractivity contribution is 7.89. The quantitative estimate of drug-likeness (QED) is 0.890. The zero-order valence-electron chi connectivity index (χ0n) is 12.3. The van der Waals surface area contributed by atoms with Crippen molar-refractivity contribution in [1.82, 2.24) is 9.62 Å². The second-order valence-electron chi connectivity index (χ2n) is 5.16. The molecule has 7 heteroatoms. The summed E-state index contributed by atoms with van der Waals surface area (Å²) in [5.74, 6) is 0. The molecule has 2 atom stereocenters. The lowest BCUT2D eigenvalue weighted by molar-refractivity contribution is 0.194. The molecule has 118 valence electrons. The van der Waals surface area contributed by atoms with E-state index < -0.39 is 15.3 Å². The van der Waals surface area contributed by atoms with E-state index in [1.807, 2.05) is 18.2 Å². The molecule has 0 spiro atoms. The highest BCUT2D eigenvalue weighted by Crippen LogP contribution is 2.31. The fourth-order valence-electron chi connectivity index (χ4n) is 2.55. The molecule has 0 saturated carbocycles. The van der Waals surface area contributed by atoms with Gasteiger partial charge in [-0.15, -0.1) is 0 Å². The van der Waals surface area contributed by atoms with Gasteiger partial charge in [0.1, 0.15) is 0 Å². The van der Waals surface area contributed by atoms with Gasteiger partial charge in [-0.3, -0.25) is 0 Å². The van der Waals surface area contributed by atoms with E-state index in [4.69, 9.17) is 16.3 Å². The molecule has 1 aliphatic rings. The number of benzene rings is 1. The first kappa shape index (κ1) is 16.7. The minimum absolute atomic E-state index is 0.182. The van der Waals surface area contributed by atoms with E-state index >= 15 is 0 Å². The van der Waals surface area contributed by atoms with Gasteiger partial charge in [-0.2, -0.15) is 4.31 Å². The van der Waals surface area contributed by atoms with Crippen molar-refractivity contribution in [3.05, 3.63) is 34.9 Å². The van der Waals surface area contributed by atoms with E-state index in [0.717, 1.165) is 5.56 Å². The lowest BCUT2D eigenvalue weighted by Gasteiger charge is -2.37. The number of piperazine rings is 1. The summed E-state index contributed by atoms with van der Waals surface area (Å²) in [7, 11) is -1.92. The van der Waals surface area contributed by atoms with E-state index in [9.17, 15) is 8.42 Å². The van der Waals surface area contributed by atoms with Gasteiger partial charge in [0.05, 0.1) is 17.9 Å². The van der Waals surface area contributed by atoms with Crippen LogP contribution in [0.15, 0.2) is 24.3 Å². The van der Waals surface area contributed by atoms with Gasteiger partial charge in [0, 0.05) is 31.8 Å². The first-order valence-electron chi connectivity index (χ1n) is 6.93. The second-order valence-corrected chi connectivity index (χ2v) is 7.87. The van der Waals surface area contributed by atoms with Crippen LogP contribution in [-0.4, -0.2) is 51.3 Å². The fraction of sp³-hybridized carbons (Fsp3) is 0.571. The molecule has 2 unspecified atom stereocenters. The smallest absolute Gasteiger partial charge is 0.219 e. The van der Waals surface area contributed by atoms with Gasteiger partial charge in [0.25, 0.3) is 0 Å². The molecule has 2 rings (SSSR count). The summed E-state index contributed by atoms with van der Waals surface area (Å²) >= 11 is 6.24. The predicted molar refractivity (Wildman–Crippen MR) is 84.0 cm³/mol. The van der Waals surface area contributed by atoms with Crippen LogP contribution in [0.25, 0.3) is 0 Å². The van der Waals surface area contributed by atoms with Crippen molar-refractivity contribution in [2.75, 3.05) is 33.4 Å². The van der Waals surface area contributed by atoms with Crippen molar-refractivity contribution < 1.29 is 13.2 Å². The van der Waals surface area contributed by atoms with Crippen molar-refractivity contribution in [3.63, 3.8) is 0 Å². The first-order chi connectivity index (χ1) is 9.98. The van der Waals surface area contributed by atoms with Crippen LogP contribution in [0.5, 0.6) is 0 Å². The number of halogens is 1. The number of nitrogens with one attached hydrogen (secondary N) is 1. The van der Waals surface area contributed by atoms with Gasteiger partial charge in [0.2, 0.25) is 10.0 Å². The molecule has 1 aromatic rings. The van der Waals surface area contributed by atoms with E-state index in [2.05, 4.69) is 5.32 Å². The van der Waals surface area contributed by atoms with E-state index in [-0.39, 0.29) is 12.6 Å². The van der Waals surface area contributed by atoms with Crippen LogP contribution < -0.4 is 5.32 Å². The molecule has 0 radical (unpaired) electrons. The van der Waals surface area contributed by atoms with Gasteiger partial charge in [0.15, 0.2) is 0 Å². The maximum Gasteiger partial charge on any atom is 0.219 e.